The van der Waals surface area contributed by atoms with Gasteiger partial charge in [-0.25, -0.2) is 9.50 Å². The fourth-order valence-corrected chi connectivity index (χ4v) is 4.29. The molecule has 1 aliphatic rings. The Labute approximate surface area is 210 Å². The second-order valence-electron chi connectivity index (χ2n) is 10.4. The highest BCUT2D eigenvalue weighted by molar-refractivity contribution is 5.89. The summed E-state index contributed by atoms with van der Waals surface area (Å²) < 4.78 is 7.04. The van der Waals surface area contributed by atoms with Gasteiger partial charge in [-0.15, -0.1) is 0 Å². The minimum Gasteiger partial charge on any atom is -0.368 e. The van der Waals surface area contributed by atoms with Crippen LogP contribution in [0.2, 0.25) is 0 Å². The van der Waals surface area contributed by atoms with Crippen LogP contribution in [0.4, 0.5) is 5.69 Å². The second-order valence-corrected chi connectivity index (χ2v) is 10.4. The summed E-state index contributed by atoms with van der Waals surface area (Å²) in [5.41, 5.74) is 5.79. The van der Waals surface area contributed by atoms with Crippen LogP contribution < -0.4 is 10.2 Å². The Morgan fingerprint density at radius 3 is 2.61 bits per heavy atom. The zero-order chi connectivity index (χ0) is 25.4. The maximum atomic E-state index is 12.5. The van der Waals surface area contributed by atoms with Crippen LogP contribution in [0.15, 0.2) is 41.3 Å². The molecule has 0 unspecified atom stereocenters. The number of nitrogens with one attached hydrogen (secondary N) is 1. The molecule has 1 N–H and O–H groups in total. The van der Waals surface area contributed by atoms with Gasteiger partial charge in [-0.1, -0.05) is 38.1 Å². The van der Waals surface area contributed by atoms with Crippen molar-refractivity contribution in [2.75, 3.05) is 38.1 Å². The number of hydrogen-bond donors (Lipinski definition) is 1. The fraction of sp³-hybridized carbons (Fsp3) is 0.423. The van der Waals surface area contributed by atoms with Gasteiger partial charge in [0.05, 0.1) is 23.1 Å². The number of nitrogens with zero attached hydrogens (tertiary/aromatic N) is 7. The molecular formula is C26H32N8O2. The van der Waals surface area contributed by atoms with Crippen LogP contribution >= 0.6 is 0 Å². The maximum absolute atomic E-state index is 12.5. The highest BCUT2D eigenvalue weighted by Crippen LogP contribution is 2.28. The molecule has 0 spiro atoms. The van der Waals surface area contributed by atoms with E-state index in [2.05, 4.69) is 60.7 Å². The highest BCUT2D eigenvalue weighted by Gasteiger charge is 2.24. The molecule has 10 nitrogen and oxygen atoms in total. The lowest BCUT2D eigenvalue weighted by atomic mass is 9.96. The van der Waals surface area contributed by atoms with E-state index >= 15 is 0 Å². The molecule has 1 aliphatic heterocycles. The minimum atomic E-state index is -0.386. The molecule has 1 amide bonds. The number of fused-ring (bicyclic) bond motifs is 1. The molecule has 0 radical (unpaired) electrons. The first-order chi connectivity index (χ1) is 17.2. The summed E-state index contributed by atoms with van der Waals surface area (Å²) in [7, 11) is 2.16. The number of carbonyl (C=O) groups is 1. The first kappa shape index (κ1) is 23.9. The number of benzene rings is 1. The lowest BCUT2D eigenvalue weighted by Crippen LogP contribution is -2.44. The lowest BCUT2D eigenvalue weighted by molar-refractivity contribution is 0.0907. The highest BCUT2D eigenvalue weighted by atomic mass is 16.5. The zero-order valence-corrected chi connectivity index (χ0v) is 21.4. The van der Waals surface area contributed by atoms with E-state index in [1.54, 1.807) is 6.33 Å². The fourth-order valence-electron chi connectivity index (χ4n) is 4.29. The van der Waals surface area contributed by atoms with E-state index in [-0.39, 0.29) is 17.2 Å². The van der Waals surface area contributed by atoms with Gasteiger partial charge in [-0.05, 0) is 37.2 Å². The monoisotopic (exact) mass is 488 g/mol. The molecule has 36 heavy (non-hydrogen) atoms. The van der Waals surface area contributed by atoms with E-state index < -0.39 is 0 Å². The van der Waals surface area contributed by atoms with Crippen molar-refractivity contribution >= 4 is 17.1 Å². The van der Waals surface area contributed by atoms with Crippen molar-refractivity contribution in [2.45, 2.75) is 39.7 Å². The molecule has 4 aromatic rings. The smallest absolute Gasteiger partial charge is 0.315 e. The Kier molecular flexibility index (Phi) is 6.21. The summed E-state index contributed by atoms with van der Waals surface area (Å²) in [6.07, 6.45) is 3.67. The van der Waals surface area contributed by atoms with Crippen LogP contribution in [0.5, 0.6) is 0 Å². The normalized spacial score (nSPS) is 15.0. The van der Waals surface area contributed by atoms with Crippen LogP contribution in [0.25, 0.3) is 16.8 Å². The van der Waals surface area contributed by atoms with E-state index in [4.69, 9.17) is 4.52 Å². The Hall–Kier alpha value is -3.79. The van der Waals surface area contributed by atoms with Gasteiger partial charge in [0.25, 0.3) is 0 Å². The van der Waals surface area contributed by atoms with Crippen LogP contribution in [0, 0.1) is 6.92 Å². The van der Waals surface area contributed by atoms with E-state index in [9.17, 15) is 4.79 Å². The summed E-state index contributed by atoms with van der Waals surface area (Å²) >= 11 is 0. The first-order valence-electron chi connectivity index (χ1n) is 12.2. The third-order valence-electron chi connectivity index (χ3n) is 6.61. The quantitative estimate of drug-likeness (QED) is 0.457. The summed E-state index contributed by atoms with van der Waals surface area (Å²) in [5, 5.41) is 11.2. The molecule has 0 saturated carbocycles. The van der Waals surface area contributed by atoms with Gasteiger partial charge in [0, 0.05) is 43.7 Å². The van der Waals surface area contributed by atoms with Gasteiger partial charge in [-0.2, -0.15) is 10.1 Å². The standard InChI is InChI=1S/C26H32N8O2/c1-17-12-18(6-7-19(17)14-27-23(35)24-30-25(31-36-24)26(2,3)4)22-21-13-20(15-34(21)29-16-28-22)33-10-8-32(5)9-11-33/h6-7,12-13,15-16H,8-11,14H2,1-5H3,(H,27,35). The average molecular weight is 489 g/mol. The SMILES string of the molecule is Cc1cc(-c2ncnn3cc(N4CCN(C)CC4)cc23)ccc1CNC(=O)c1nc(C(C)(C)C)no1. The van der Waals surface area contributed by atoms with E-state index in [0.717, 1.165) is 59.8 Å². The van der Waals surface area contributed by atoms with Crippen molar-refractivity contribution in [1.29, 1.82) is 0 Å². The van der Waals surface area contributed by atoms with Gasteiger partial charge in [0.2, 0.25) is 0 Å². The molecule has 0 aliphatic carbocycles. The molecular weight excluding hydrogens is 456 g/mol. The third kappa shape index (κ3) is 4.81. The first-order valence-corrected chi connectivity index (χ1v) is 12.2. The number of hydrogen-bond acceptors (Lipinski definition) is 8. The number of amides is 1. The van der Waals surface area contributed by atoms with E-state index in [1.807, 2.05) is 44.3 Å². The Balaban J connectivity index is 1.32. The molecule has 188 valence electrons. The number of piperazine rings is 1. The van der Waals surface area contributed by atoms with Crippen LogP contribution in [-0.2, 0) is 12.0 Å². The van der Waals surface area contributed by atoms with Crippen molar-refractivity contribution in [3.05, 3.63) is 59.6 Å². The van der Waals surface area contributed by atoms with Crippen LogP contribution in [0.1, 0.15) is 48.4 Å². The Morgan fingerprint density at radius 2 is 1.92 bits per heavy atom. The van der Waals surface area contributed by atoms with Crippen molar-refractivity contribution in [3.63, 3.8) is 0 Å². The van der Waals surface area contributed by atoms with Crippen molar-refractivity contribution in [1.82, 2.24) is 35.0 Å². The number of aromatic nitrogens is 5. The van der Waals surface area contributed by atoms with Gasteiger partial charge < -0.3 is 19.6 Å². The number of carbonyl (C=O) groups excluding carboxylic acids is 1. The number of aryl methyl sites for hydroxylation is 1. The van der Waals surface area contributed by atoms with E-state index in [1.165, 1.54) is 0 Å². The van der Waals surface area contributed by atoms with E-state index in [0.29, 0.717) is 12.4 Å². The van der Waals surface area contributed by atoms with Gasteiger partial charge in [-0.3, -0.25) is 4.79 Å². The predicted molar refractivity (Wildman–Crippen MR) is 137 cm³/mol. The van der Waals surface area contributed by atoms with Gasteiger partial charge in [0.15, 0.2) is 5.82 Å². The largest absolute Gasteiger partial charge is 0.368 e. The molecule has 10 heteroatoms. The van der Waals surface area contributed by atoms with Crippen molar-refractivity contribution in [2.24, 2.45) is 0 Å². The van der Waals surface area contributed by atoms with Crippen molar-refractivity contribution < 1.29 is 9.32 Å². The molecule has 1 fully saturated rings. The van der Waals surface area contributed by atoms with Crippen molar-refractivity contribution in [3.8, 4) is 11.3 Å². The number of anilines is 1. The van der Waals surface area contributed by atoms with Crippen LogP contribution in [0.3, 0.4) is 0 Å². The van der Waals surface area contributed by atoms with Crippen LogP contribution in [-0.4, -0.2) is 68.8 Å². The number of rotatable bonds is 5. The minimum absolute atomic E-state index is 0.0260. The predicted octanol–water partition coefficient (Wildman–Crippen LogP) is 3.07. The van der Waals surface area contributed by atoms with Gasteiger partial charge in [0.1, 0.15) is 6.33 Å². The average Bonchev–Trinajstić information content (AvgIpc) is 3.51. The summed E-state index contributed by atoms with van der Waals surface area (Å²) in [4.78, 5) is 26.1. The molecule has 0 bridgehead atoms. The van der Waals surface area contributed by atoms with Gasteiger partial charge >= 0.3 is 11.8 Å². The topological polar surface area (TPSA) is 105 Å². The summed E-state index contributed by atoms with van der Waals surface area (Å²) in [6.45, 7) is 12.4. The molecule has 0 atom stereocenters. The summed E-state index contributed by atoms with van der Waals surface area (Å²) in [5.74, 6) is 0.0936. The second kappa shape index (κ2) is 9.34. The maximum Gasteiger partial charge on any atom is 0.315 e. The lowest BCUT2D eigenvalue weighted by Gasteiger charge is -2.33. The number of likely N-dealkylation sites (N-methyl/N-ethyl adjacent to an activating group) is 1. The molecule has 3 aromatic heterocycles. The molecule has 4 heterocycles. The third-order valence-corrected chi connectivity index (χ3v) is 6.61. The molecule has 1 aromatic carbocycles. The Bertz CT molecular complexity index is 1390. The Morgan fingerprint density at radius 1 is 1.14 bits per heavy atom. The molecule has 5 rings (SSSR count). The zero-order valence-electron chi connectivity index (χ0n) is 21.4. The molecule has 1 saturated heterocycles. The summed E-state index contributed by atoms with van der Waals surface area (Å²) in [6, 6.07) is 8.31.